The molecule has 1 heterocycles. The van der Waals surface area contributed by atoms with E-state index in [9.17, 15) is 9.59 Å². The molecule has 7 nitrogen and oxygen atoms in total. The molecule has 1 unspecified atom stereocenters. The topological polar surface area (TPSA) is 77.1 Å². The zero-order valence-corrected chi connectivity index (χ0v) is 13.6. The first-order valence-electron chi connectivity index (χ1n) is 7.46. The fourth-order valence-electron chi connectivity index (χ4n) is 2.37. The van der Waals surface area contributed by atoms with Gasteiger partial charge in [-0.3, -0.25) is 9.59 Å². The molecular formula is C16H22N2O5. The molecule has 1 aliphatic rings. The van der Waals surface area contributed by atoms with Crippen molar-refractivity contribution in [2.24, 2.45) is 0 Å². The van der Waals surface area contributed by atoms with E-state index in [0.717, 1.165) is 5.56 Å². The van der Waals surface area contributed by atoms with Gasteiger partial charge in [0.05, 0.1) is 33.5 Å². The quantitative estimate of drug-likeness (QED) is 0.828. The van der Waals surface area contributed by atoms with Crippen LogP contribution in [-0.2, 0) is 14.3 Å². The van der Waals surface area contributed by atoms with E-state index in [1.165, 1.54) is 4.90 Å². The van der Waals surface area contributed by atoms with Crippen molar-refractivity contribution in [3.05, 3.63) is 23.8 Å². The lowest BCUT2D eigenvalue weighted by atomic mass is 10.1. The molecule has 1 aromatic rings. The first kappa shape index (κ1) is 17.1. The minimum Gasteiger partial charge on any atom is -0.493 e. The summed E-state index contributed by atoms with van der Waals surface area (Å²) in [5.74, 6) is 0.0413. The van der Waals surface area contributed by atoms with Gasteiger partial charge in [-0.2, -0.15) is 0 Å². The van der Waals surface area contributed by atoms with Crippen LogP contribution >= 0.6 is 0 Å². The van der Waals surface area contributed by atoms with Gasteiger partial charge in [-0.15, -0.1) is 0 Å². The summed E-state index contributed by atoms with van der Waals surface area (Å²) in [5, 5.41) is 2.71. The van der Waals surface area contributed by atoms with Crippen LogP contribution in [0.5, 0.6) is 11.5 Å². The van der Waals surface area contributed by atoms with Crippen molar-refractivity contribution in [2.45, 2.75) is 13.0 Å². The van der Waals surface area contributed by atoms with E-state index in [4.69, 9.17) is 14.2 Å². The third kappa shape index (κ3) is 4.13. The van der Waals surface area contributed by atoms with Crippen LogP contribution in [-0.4, -0.2) is 57.2 Å². The number of nitrogens with zero attached hydrogens (tertiary/aromatic N) is 1. The number of morpholine rings is 1. The fraction of sp³-hybridized carbons (Fsp3) is 0.500. The van der Waals surface area contributed by atoms with Crippen LogP contribution < -0.4 is 14.8 Å². The Labute approximate surface area is 135 Å². The predicted octanol–water partition coefficient (Wildman–Crippen LogP) is 0.740. The van der Waals surface area contributed by atoms with Crippen molar-refractivity contribution >= 4 is 11.8 Å². The van der Waals surface area contributed by atoms with E-state index in [1.54, 1.807) is 26.4 Å². The molecule has 1 N–H and O–H groups in total. The van der Waals surface area contributed by atoms with Crippen LogP contribution in [0.15, 0.2) is 18.2 Å². The monoisotopic (exact) mass is 322 g/mol. The maximum atomic E-state index is 12.1. The number of benzene rings is 1. The second-order valence-electron chi connectivity index (χ2n) is 5.21. The first-order chi connectivity index (χ1) is 11.1. The van der Waals surface area contributed by atoms with Gasteiger partial charge < -0.3 is 24.4 Å². The van der Waals surface area contributed by atoms with E-state index in [1.807, 2.05) is 13.0 Å². The summed E-state index contributed by atoms with van der Waals surface area (Å²) in [4.78, 5) is 25.7. The Balaban J connectivity index is 2.01. The first-order valence-corrected chi connectivity index (χ1v) is 7.46. The van der Waals surface area contributed by atoms with E-state index < -0.39 is 11.8 Å². The molecule has 0 aliphatic carbocycles. The zero-order valence-electron chi connectivity index (χ0n) is 13.6. The van der Waals surface area contributed by atoms with Gasteiger partial charge in [0.25, 0.3) is 0 Å². The number of carbonyl (C=O) groups excluding carboxylic acids is 2. The Hall–Kier alpha value is -2.28. The number of ether oxygens (including phenoxy) is 3. The molecule has 0 saturated carbocycles. The highest BCUT2D eigenvalue weighted by molar-refractivity contribution is 6.35. The Morgan fingerprint density at radius 1 is 1.17 bits per heavy atom. The van der Waals surface area contributed by atoms with E-state index in [0.29, 0.717) is 37.8 Å². The summed E-state index contributed by atoms with van der Waals surface area (Å²) < 4.78 is 15.6. The largest absolute Gasteiger partial charge is 0.493 e. The molecule has 0 aromatic heterocycles. The van der Waals surface area contributed by atoms with Crippen molar-refractivity contribution in [1.82, 2.24) is 10.2 Å². The molecule has 23 heavy (non-hydrogen) atoms. The van der Waals surface area contributed by atoms with Gasteiger partial charge in [0, 0.05) is 13.1 Å². The van der Waals surface area contributed by atoms with Crippen LogP contribution in [0.1, 0.15) is 18.5 Å². The summed E-state index contributed by atoms with van der Waals surface area (Å²) in [6.07, 6.45) is 0. The van der Waals surface area contributed by atoms with E-state index in [2.05, 4.69) is 5.32 Å². The highest BCUT2D eigenvalue weighted by Gasteiger charge is 2.25. The summed E-state index contributed by atoms with van der Waals surface area (Å²) in [6.45, 7) is 3.62. The van der Waals surface area contributed by atoms with Crippen molar-refractivity contribution in [3.63, 3.8) is 0 Å². The molecular weight excluding hydrogens is 300 g/mol. The highest BCUT2D eigenvalue weighted by atomic mass is 16.5. The van der Waals surface area contributed by atoms with Crippen molar-refractivity contribution in [1.29, 1.82) is 0 Å². The molecule has 0 spiro atoms. The minimum atomic E-state index is -0.616. The lowest BCUT2D eigenvalue weighted by Crippen LogP contribution is -2.48. The predicted molar refractivity (Wildman–Crippen MR) is 83.5 cm³/mol. The molecule has 1 aromatic carbocycles. The fourth-order valence-corrected chi connectivity index (χ4v) is 2.37. The minimum absolute atomic E-state index is 0.327. The molecule has 1 aliphatic heterocycles. The number of carbonyl (C=O) groups is 2. The number of hydrogen-bond acceptors (Lipinski definition) is 5. The number of amides is 2. The molecule has 2 rings (SSSR count). The van der Waals surface area contributed by atoms with Crippen LogP contribution in [0.2, 0.25) is 0 Å². The molecule has 1 saturated heterocycles. The van der Waals surface area contributed by atoms with Gasteiger partial charge in [-0.05, 0) is 24.6 Å². The number of hydrogen-bond donors (Lipinski definition) is 1. The lowest BCUT2D eigenvalue weighted by Gasteiger charge is -2.26. The zero-order chi connectivity index (χ0) is 16.8. The van der Waals surface area contributed by atoms with Gasteiger partial charge in [-0.25, -0.2) is 0 Å². The Morgan fingerprint density at radius 3 is 2.43 bits per heavy atom. The molecule has 1 atom stereocenters. The highest BCUT2D eigenvalue weighted by Crippen LogP contribution is 2.29. The standard InChI is InChI=1S/C16H22N2O5/c1-11(12-4-5-13(21-2)14(10-12)22-3)17-15(19)16(20)18-6-8-23-9-7-18/h4-5,10-11H,6-9H2,1-3H3,(H,17,19). The molecule has 0 bridgehead atoms. The normalized spacial score (nSPS) is 15.7. The van der Waals surface area contributed by atoms with Gasteiger partial charge >= 0.3 is 11.8 Å². The number of methoxy groups -OCH3 is 2. The number of rotatable bonds is 4. The number of nitrogens with one attached hydrogen (secondary N) is 1. The van der Waals surface area contributed by atoms with E-state index >= 15 is 0 Å². The molecule has 1 fully saturated rings. The van der Waals surface area contributed by atoms with Crippen molar-refractivity contribution in [3.8, 4) is 11.5 Å². The Bertz CT molecular complexity index is 570. The Morgan fingerprint density at radius 2 is 1.83 bits per heavy atom. The van der Waals surface area contributed by atoms with Gasteiger partial charge in [0.2, 0.25) is 0 Å². The maximum Gasteiger partial charge on any atom is 0.312 e. The Kier molecular flexibility index (Phi) is 5.81. The molecule has 0 radical (unpaired) electrons. The molecule has 126 valence electrons. The van der Waals surface area contributed by atoms with Crippen molar-refractivity contribution < 1.29 is 23.8 Å². The third-order valence-corrected chi connectivity index (χ3v) is 3.75. The maximum absolute atomic E-state index is 12.1. The van der Waals surface area contributed by atoms with Gasteiger partial charge in [0.1, 0.15) is 0 Å². The summed E-state index contributed by atoms with van der Waals surface area (Å²) in [5.41, 5.74) is 0.825. The van der Waals surface area contributed by atoms with Gasteiger partial charge in [-0.1, -0.05) is 6.07 Å². The molecule has 7 heteroatoms. The van der Waals surface area contributed by atoms with Gasteiger partial charge in [0.15, 0.2) is 11.5 Å². The SMILES string of the molecule is COc1ccc(C(C)NC(=O)C(=O)N2CCOCC2)cc1OC. The van der Waals surface area contributed by atoms with Crippen LogP contribution in [0.25, 0.3) is 0 Å². The summed E-state index contributed by atoms with van der Waals surface area (Å²) in [6, 6.07) is 5.04. The summed E-state index contributed by atoms with van der Waals surface area (Å²) in [7, 11) is 3.11. The average molecular weight is 322 g/mol. The van der Waals surface area contributed by atoms with E-state index in [-0.39, 0.29) is 6.04 Å². The lowest BCUT2D eigenvalue weighted by molar-refractivity contribution is -0.148. The van der Waals surface area contributed by atoms with Crippen LogP contribution in [0, 0.1) is 0 Å². The summed E-state index contributed by atoms with van der Waals surface area (Å²) >= 11 is 0. The third-order valence-electron chi connectivity index (χ3n) is 3.75. The smallest absolute Gasteiger partial charge is 0.312 e. The van der Waals surface area contributed by atoms with Crippen molar-refractivity contribution in [2.75, 3.05) is 40.5 Å². The average Bonchev–Trinajstić information content (AvgIpc) is 2.60. The van der Waals surface area contributed by atoms with Crippen LogP contribution in [0.4, 0.5) is 0 Å². The second-order valence-corrected chi connectivity index (χ2v) is 5.21. The second kappa shape index (κ2) is 7.82. The molecule has 2 amide bonds. The van der Waals surface area contributed by atoms with Crippen LogP contribution in [0.3, 0.4) is 0 Å².